The first-order chi connectivity index (χ1) is 14.1. The quantitative estimate of drug-likeness (QED) is 0.498. The zero-order valence-corrected chi connectivity index (χ0v) is 16.0. The summed E-state index contributed by atoms with van der Waals surface area (Å²) in [6.45, 7) is 0.614. The number of ether oxygens (including phenoxy) is 2. The molecule has 1 aliphatic heterocycles. The molecule has 1 aromatic heterocycles. The Bertz CT molecular complexity index is 1070. The Hall–Kier alpha value is -3.88. The Kier molecular flexibility index (Phi) is 4.86. The summed E-state index contributed by atoms with van der Waals surface area (Å²) in [7, 11) is 3.07. The lowest BCUT2D eigenvalue weighted by Crippen LogP contribution is -2.17. The molecule has 29 heavy (non-hydrogen) atoms. The van der Waals surface area contributed by atoms with E-state index in [9.17, 15) is 10.1 Å². The summed E-state index contributed by atoms with van der Waals surface area (Å²) >= 11 is 0. The van der Waals surface area contributed by atoms with E-state index in [4.69, 9.17) is 9.47 Å². The van der Waals surface area contributed by atoms with E-state index < -0.39 is 4.92 Å². The van der Waals surface area contributed by atoms with Crippen LogP contribution >= 0.6 is 0 Å². The Morgan fingerprint density at radius 3 is 2.72 bits per heavy atom. The van der Waals surface area contributed by atoms with E-state index >= 15 is 0 Å². The number of nitro groups is 1. The van der Waals surface area contributed by atoms with Gasteiger partial charge in [0.05, 0.1) is 24.8 Å². The fraction of sp³-hybridized carbons (Fsp3) is 0.200. The van der Waals surface area contributed by atoms with Crippen molar-refractivity contribution < 1.29 is 14.4 Å². The van der Waals surface area contributed by atoms with Crippen LogP contribution in [0, 0.1) is 10.1 Å². The van der Waals surface area contributed by atoms with Crippen LogP contribution in [0.15, 0.2) is 48.8 Å². The molecule has 2 aromatic carbocycles. The fourth-order valence-electron chi connectivity index (χ4n) is 3.41. The van der Waals surface area contributed by atoms with Gasteiger partial charge in [-0.1, -0.05) is 18.2 Å². The predicted octanol–water partition coefficient (Wildman–Crippen LogP) is 3.84. The third-order valence-corrected chi connectivity index (χ3v) is 4.79. The second kappa shape index (κ2) is 7.63. The van der Waals surface area contributed by atoms with Gasteiger partial charge in [0, 0.05) is 18.3 Å². The molecule has 0 saturated heterocycles. The van der Waals surface area contributed by atoms with Crippen molar-refractivity contribution in [2.24, 2.45) is 0 Å². The van der Waals surface area contributed by atoms with Crippen molar-refractivity contribution in [3.63, 3.8) is 0 Å². The number of hydrogen-bond acceptors (Lipinski definition) is 8. The number of aromatic nitrogens is 2. The van der Waals surface area contributed by atoms with Gasteiger partial charge in [-0.3, -0.25) is 10.1 Å². The van der Waals surface area contributed by atoms with Gasteiger partial charge in [-0.25, -0.2) is 9.97 Å². The molecule has 4 rings (SSSR count). The lowest BCUT2D eigenvalue weighted by atomic mass is 10.2. The summed E-state index contributed by atoms with van der Waals surface area (Å²) in [5, 5.41) is 15.0. The molecule has 0 spiro atoms. The van der Waals surface area contributed by atoms with Crippen LogP contribution in [0.1, 0.15) is 5.56 Å². The molecule has 0 bridgehead atoms. The topological polar surface area (TPSA) is 103 Å². The average Bonchev–Trinajstić information content (AvgIpc) is 3.17. The first-order valence-electron chi connectivity index (χ1n) is 8.96. The van der Waals surface area contributed by atoms with Gasteiger partial charge >= 0.3 is 5.69 Å². The van der Waals surface area contributed by atoms with Gasteiger partial charge in [0.25, 0.3) is 0 Å². The van der Waals surface area contributed by atoms with Crippen LogP contribution < -0.4 is 19.7 Å². The Morgan fingerprint density at radius 1 is 1.14 bits per heavy atom. The number of nitrogens with one attached hydrogen (secondary N) is 1. The summed E-state index contributed by atoms with van der Waals surface area (Å²) in [6, 6.07) is 13.0. The Labute approximate surface area is 167 Å². The SMILES string of the molecule is COc1ccc(Nc2ncnc(N3CCc4ccccc43)c2[N+](=O)[O-])c(OC)c1. The molecule has 0 amide bonds. The maximum atomic E-state index is 12.0. The number of methoxy groups -OCH3 is 2. The molecule has 148 valence electrons. The zero-order valence-electron chi connectivity index (χ0n) is 16.0. The number of anilines is 4. The molecule has 0 saturated carbocycles. The fourth-order valence-corrected chi connectivity index (χ4v) is 3.41. The molecule has 1 aliphatic rings. The molecular formula is C20H19N5O4. The third-order valence-electron chi connectivity index (χ3n) is 4.79. The standard InChI is InChI=1S/C20H19N5O4/c1-28-14-7-8-15(17(11-14)29-2)23-19-18(25(26)27)20(22-12-21-19)24-10-9-13-5-3-4-6-16(13)24/h3-8,11-12H,9-10H2,1-2H3,(H,21,22,23). The summed E-state index contributed by atoms with van der Waals surface area (Å²) in [5.74, 6) is 1.43. The highest BCUT2D eigenvalue weighted by atomic mass is 16.6. The molecule has 0 unspecified atom stereocenters. The number of hydrogen-bond donors (Lipinski definition) is 1. The second-order valence-electron chi connectivity index (χ2n) is 6.37. The number of para-hydroxylation sites is 1. The summed E-state index contributed by atoms with van der Waals surface area (Å²) in [6.07, 6.45) is 2.12. The minimum absolute atomic E-state index is 0.0906. The van der Waals surface area contributed by atoms with Crippen molar-refractivity contribution in [3.8, 4) is 11.5 Å². The van der Waals surface area contributed by atoms with Crippen molar-refractivity contribution in [1.29, 1.82) is 0 Å². The number of nitrogens with zero attached hydrogens (tertiary/aromatic N) is 4. The minimum Gasteiger partial charge on any atom is -0.497 e. The summed E-state index contributed by atoms with van der Waals surface area (Å²) in [4.78, 5) is 21.7. The lowest BCUT2D eigenvalue weighted by molar-refractivity contribution is -0.383. The Balaban J connectivity index is 1.77. The van der Waals surface area contributed by atoms with Crippen LogP contribution in [0.4, 0.5) is 28.7 Å². The van der Waals surface area contributed by atoms with Gasteiger partial charge in [0.15, 0.2) is 0 Å². The van der Waals surface area contributed by atoms with Crippen LogP contribution in [0.3, 0.4) is 0 Å². The maximum absolute atomic E-state index is 12.0. The molecule has 1 N–H and O–H groups in total. The lowest BCUT2D eigenvalue weighted by Gasteiger charge is -2.19. The largest absolute Gasteiger partial charge is 0.497 e. The number of benzene rings is 2. The van der Waals surface area contributed by atoms with Crippen molar-refractivity contribution in [1.82, 2.24) is 9.97 Å². The van der Waals surface area contributed by atoms with E-state index in [0.717, 1.165) is 17.7 Å². The van der Waals surface area contributed by atoms with Gasteiger partial charge in [-0.2, -0.15) is 0 Å². The molecule has 0 radical (unpaired) electrons. The van der Waals surface area contributed by atoms with Crippen LogP contribution in [0.2, 0.25) is 0 Å². The van der Waals surface area contributed by atoms with E-state index in [-0.39, 0.29) is 17.3 Å². The normalized spacial score (nSPS) is 12.4. The molecule has 2 heterocycles. The van der Waals surface area contributed by atoms with Crippen molar-refractivity contribution in [2.75, 3.05) is 31.0 Å². The van der Waals surface area contributed by atoms with Crippen molar-refractivity contribution >= 4 is 28.7 Å². The highest BCUT2D eigenvalue weighted by molar-refractivity contribution is 5.81. The minimum atomic E-state index is -0.464. The molecule has 9 nitrogen and oxygen atoms in total. The highest BCUT2D eigenvalue weighted by Crippen LogP contribution is 2.41. The van der Waals surface area contributed by atoms with Gasteiger partial charge in [-0.15, -0.1) is 0 Å². The Morgan fingerprint density at radius 2 is 1.97 bits per heavy atom. The van der Waals surface area contributed by atoms with Crippen molar-refractivity contribution in [2.45, 2.75) is 6.42 Å². The first-order valence-corrected chi connectivity index (χ1v) is 8.96. The van der Waals surface area contributed by atoms with E-state index in [2.05, 4.69) is 15.3 Å². The molecule has 0 atom stereocenters. The molecule has 0 fully saturated rings. The van der Waals surface area contributed by atoms with E-state index in [1.165, 1.54) is 13.4 Å². The third kappa shape index (κ3) is 3.38. The van der Waals surface area contributed by atoms with Gasteiger partial charge in [0.2, 0.25) is 11.6 Å². The van der Waals surface area contributed by atoms with Crippen LogP contribution in [-0.2, 0) is 6.42 Å². The summed E-state index contributed by atoms with van der Waals surface area (Å²) in [5.41, 5.74) is 2.39. The maximum Gasteiger partial charge on any atom is 0.354 e. The number of fused-ring (bicyclic) bond motifs is 1. The smallest absolute Gasteiger partial charge is 0.354 e. The average molecular weight is 393 g/mol. The monoisotopic (exact) mass is 393 g/mol. The predicted molar refractivity (Wildman–Crippen MR) is 109 cm³/mol. The van der Waals surface area contributed by atoms with Crippen molar-refractivity contribution in [3.05, 3.63) is 64.5 Å². The molecule has 0 aliphatic carbocycles. The summed E-state index contributed by atoms with van der Waals surface area (Å²) < 4.78 is 10.6. The van der Waals surface area contributed by atoms with Gasteiger partial charge in [0.1, 0.15) is 17.8 Å². The van der Waals surface area contributed by atoms with Crippen LogP contribution in [-0.4, -0.2) is 35.7 Å². The van der Waals surface area contributed by atoms with E-state index in [1.54, 1.807) is 25.3 Å². The van der Waals surface area contributed by atoms with Gasteiger partial charge < -0.3 is 19.7 Å². The molecule has 3 aromatic rings. The van der Waals surface area contributed by atoms with E-state index in [1.807, 2.05) is 29.2 Å². The highest BCUT2D eigenvalue weighted by Gasteiger charge is 2.31. The van der Waals surface area contributed by atoms with Crippen LogP contribution in [0.25, 0.3) is 0 Å². The number of rotatable bonds is 6. The van der Waals surface area contributed by atoms with E-state index in [0.29, 0.717) is 23.7 Å². The molecule has 9 heteroatoms. The van der Waals surface area contributed by atoms with Gasteiger partial charge in [-0.05, 0) is 30.2 Å². The molecular weight excluding hydrogens is 374 g/mol. The second-order valence-corrected chi connectivity index (χ2v) is 6.37. The first kappa shape index (κ1) is 18.5. The van der Waals surface area contributed by atoms with Crippen LogP contribution in [0.5, 0.6) is 11.5 Å². The zero-order chi connectivity index (χ0) is 20.4.